The molecule has 0 aliphatic carbocycles. The van der Waals surface area contributed by atoms with Crippen molar-refractivity contribution < 1.29 is 0 Å². The van der Waals surface area contributed by atoms with E-state index in [9.17, 15) is 9.59 Å². The summed E-state index contributed by atoms with van der Waals surface area (Å²) in [5.41, 5.74) is 4.34. The molecule has 0 unspecified atom stereocenters. The minimum absolute atomic E-state index is 0.285. The Hall–Kier alpha value is -3.09. The fourth-order valence-corrected chi connectivity index (χ4v) is 3.77. The van der Waals surface area contributed by atoms with Gasteiger partial charge in [0.25, 0.3) is 5.56 Å². The van der Waals surface area contributed by atoms with Crippen LogP contribution in [-0.4, -0.2) is 23.1 Å². The predicted octanol–water partition coefficient (Wildman–Crippen LogP) is 2.47. The van der Waals surface area contributed by atoms with Crippen molar-refractivity contribution in [3.8, 4) is 5.69 Å². The second-order valence-electron chi connectivity index (χ2n) is 7.01. The average molecular weight is 365 g/mol. The number of aromatic nitrogens is 5. The topological polar surface area (TPSA) is 66.2 Å². The minimum atomic E-state index is -0.327. The summed E-state index contributed by atoms with van der Waals surface area (Å²) >= 11 is 0. The molecule has 0 N–H and O–H groups in total. The fourth-order valence-electron chi connectivity index (χ4n) is 3.77. The van der Waals surface area contributed by atoms with Crippen LogP contribution in [0.4, 0.5) is 0 Å². The van der Waals surface area contributed by atoms with Crippen molar-refractivity contribution in [3.63, 3.8) is 0 Å². The maximum atomic E-state index is 13.1. The molecule has 0 spiro atoms. The molecule has 4 aromatic rings. The van der Waals surface area contributed by atoms with Crippen LogP contribution in [0.15, 0.2) is 33.9 Å². The Kier molecular flexibility index (Phi) is 3.83. The van der Waals surface area contributed by atoms with E-state index in [4.69, 9.17) is 4.98 Å². The number of nitrogens with zero attached hydrogens (tertiary/aromatic N) is 5. The normalized spacial score (nSPS) is 11.7. The summed E-state index contributed by atoms with van der Waals surface area (Å²) in [7, 11) is 1.67. The second-order valence-corrected chi connectivity index (χ2v) is 7.01. The first kappa shape index (κ1) is 17.3. The third kappa shape index (κ3) is 2.24. The van der Waals surface area contributed by atoms with Gasteiger partial charge in [-0.3, -0.25) is 22.9 Å². The lowest BCUT2D eigenvalue weighted by molar-refractivity contribution is 0.592. The van der Waals surface area contributed by atoms with Crippen molar-refractivity contribution in [1.29, 1.82) is 0 Å². The molecule has 0 saturated heterocycles. The maximum Gasteiger partial charge on any atom is 0.332 e. The van der Waals surface area contributed by atoms with E-state index in [0.29, 0.717) is 29.9 Å². The lowest BCUT2D eigenvalue weighted by atomic mass is 10.2. The molecule has 0 atom stereocenters. The Morgan fingerprint density at radius 1 is 1.04 bits per heavy atom. The van der Waals surface area contributed by atoms with Crippen molar-refractivity contribution in [1.82, 2.24) is 23.1 Å². The van der Waals surface area contributed by atoms with Crippen LogP contribution in [0, 0.1) is 20.8 Å². The molecule has 0 radical (unpaired) electrons. The number of para-hydroxylation sites is 1. The SMILES string of the molecule is CCCn1c(=O)c2c(nc3n(-c4ccccc4C)c(C)c(C)n23)n(C)c1=O. The van der Waals surface area contributed by atoms with Crippen molar-refractivity contribution >= 4 is 16.9 Å². The number of hydrogen-bond donors (Lipinski definition) is 0. The summed E-state index contributed by atoms with van der Waals surface area (Å²) in [4.78, 5) is 30.5. The maximum absolute atomic E-state index is 13.1. The van der Waals surface area contributed by atoms with Gasteiger partial charge in [0.1, 0.15) is 0 Å². The van der Waals surface area contributed by atoms with Crippen LogP contribution >= 0.6 is 0 Å². The number of rotatable bonds is 3. The predicted molar refractivity (Wildman–Crippen MR) is 106 cm³/mol. The molecule has 0 aliphatic heterocycles. The highest BCUT2D eigenvalue weighted by atomic mass is 16.2. The van der Waals surface area contributed by atoms with Gasteiger partial charge in [-0.1, -0.05) is 25.1 Å². The number of benzene rings is 1. The van der Waals surface area contributed by atoms with Gasteiger partial charge in [-0.2, -0.15) is 4.98 Å². The molecule has 7 heteroatoms. The van der Waals surface area contributed by atoms with Gasteiger partial charge in [0.2, 0.25) is 5.78 Å². The van der Waals surface area contributed by atoms with Gasteiger partial charge in [-0.25, -0.2) is 4.79 Å². The van der Waals surface area contributed by atoms with E-state index in [2.05, 4.69) is 4.57 Å². The van der Waals surface area contributed by atoms with Gasteiger partial charge >= 0.3 is 5.69 Å². The van der Waals surface area contributed by atoms with Crippen LogP contribution in [0.2, 0.25) is 0 Å². The Labute approximate surface area is 156 Å². The average Bonchev–Trinajstić information content (AvgIpc) is 3.14. The Bertz CT molecular complexity index is 1320. The van der Waals surface area contributed by atoms with Crippen molar-refractivity contribution in [2.24, 2.45) is 7.05 Å². The van der Waals surface area contributed by atoms with Crippen LogP contribution in [0.25, 0.3) is 22.6 Å². The largest absolute Gasteiger partial charge is 0.332 e. The van der Waals surface area contributed by atoms with E-state index in [0.717, 1.165) is 22.6 Å². The van der Waals surface area contributed by atoms with E-state index in [1.807, 2.05) is 56.4 Å². The zero-order valence-electron chi connectivity index (χ0n) is 16.3. The molecule has 0 aliphatic rings. The van der Waals surface area contributed by atoms with Crippen molar-refractivity contribution in [2.45, 2.75) is 40.7 Å². The molecular formula is C20H23N5O2. The van der Waals surface area contributed by atoms with E-state index in [1.165, 1.54) is 9.13 Å². The zero-order valence-corrected chi connectivity index (χ0v) is 16.3. The van der Waals surface area contributed by atoms with Crippen LogP contribution in [0.5, 0.6) is 0 Å². The third-order valence-electron chi connectivity index (χ3n) is 5.32. The molecule has 3 aromatic heterocycles. The van der Waals surface area contributed by atoms with Gasteiger partial charge in [0, 0.05) is 25.0 Å². The number of hydrogen-bond acceptors (Lipinski definition) is 3. The van der Waals surface area contributed by atoms with Crippen LogP contribution in [0.1, 0.15) is 30.3 Å². The highest BCUT2D eigenvalue weighted by Crippen LogP contribution is 2.26. The molecule has 3 heterocycles. The van der Waals surface area contributed by atoms with E-state index in [-0.39, 0.29) is 11.2 Å². The number of aryl methyl sites for hydroxylation is 3. The molecule has 140 valence electrons. The molecule has 7 nitrogen and oxygen atoms in total. The number of imidazole rings is 2. The molecular weight excluding hydrogens is 342 g/mol. The van der Waals surface area contributed by atoms with E-state index in [1.54, 1.807) is 7.05 Å². The molecule has 4 rings (SSSR count). The standard InChI is InChI=1S/C20H23N5O2/c1-6-11-23-18(26)16-17(22(5)20(23)27)21-19-24(13(3)14(4)25(16)19)15-10-8-7-9-12(15)2/h7-10H,6,11H2,1-5H3. The molecule has 0 saturated carbocycles. The second kappa shape index (κ2) is 5.97. The summed E-state index contributed by atoms with van der Waals surface area (Å²) in [5.74, 6) is 0.649. The molecule has 1 aromatic carbocycles. The highest BCUT2D eigenvalue weighted by molar-refractivity contribution is 5.77. The van der Waals surface area contributed by atoms with E-state index < -0.39 is 0 Å². The summed E-state index contributed by atoms with van der Waals surface area (Å²) in [6, 6.07) is 8.07. The van der Waals surface area contributed by atoms with Crippen LogP contribution in [0.3, 0.4) is 0 Å². The lowest BCUT2D eigenvalue weighted by Gasteiger charge is -2.09. The summed E-state index contributed by atoms with van der Waals surface area (Å²) in [5, 5.41) is 0. The Morgan fingerprint density at radius 3 is 2.41 bits per heavy atom. The fraction of sp³-hybridized carbons (Fsp3) is 0.350. The molecule has 0 amide bonds. The lowest BCUT2D eigenvalue weighted by Crippen LogP contribution is -2.39. The van der Waals surface area contributed by atoms with Crippen molar-refractivity contribution in [2.75, 3.05) is 0 Å². The first-order chi connectivity index (χ1) is 12.9. The first-order valence-electron chi connectivity index (χ1n) is 9.14. The monoisotopic (exact) mass is 365 g/mol. The third-order valence-corrected chi connectivity index (χ3v) is 5.32. The smallest absolute Gasteiger partial charge is 0.282 e. The van der Waals surface area contributed by atoms with Gasteiger partial charge in [0.05, 0.1) is 5.69 Å². The van der Waals surface area contributed by atoms with Crippen LogP contribution < -0.4 is 11.2 Å². The van der Waals surface area contributed by atoms with Crippen LogP contribution in [-0.2, 0) is 13.6 Å². The highest BCUT2D eigenvalue weighted by Gasteiger charge is 2.23. The Morgan fingerprint density at radius 2 is 1.74 bits per heavy atom. The summed E-state index contributed by atoms with van der Waals surface area (Å²) in [6.07, 6.45) is 0.713. The molecule has 0 bridgehead atoms. The first-order valence-corrected chi connectivity index (χ1v) is 9.14. The quantitative estimate of drug-likeness (QED) is 0.560. The number of fused-ring (bicyclic) bond motifs is 3. The zero-order chi connectivity index (χ0) is 19.5. The van der Waals surface area contributed by atoms with E-state index >= 15 is 0 Å². The summed E-state index contributed by atoms with van der Waals surface area (Å²) < 4.78 is 6.70. The molecule has 0 fully saturated rings. The minimum Gasteiger partial charge on any atom is -0.282 e. The van der Waals surface area contributed by atoms with Gasteiger partial charge in [-0.05, 0) is 38.8 Å². The van der Waals surface area contributed by atoms with Gasteiger partial charge in [-0.15, -0.1) is 0 Å². The summed E-state index contributed by atoms with van der Waals surface area (Å²) in [6.45, 7) is 8.40. The Balaban J connectivity index is 2.23. The van der Waals surface area contributed by atoms with Gasteiger partial charge < -0.3 is 0 Å². The van der Waals surface area contributed by atoms with Crippen molar-refractivity contribution in [3.05, 3.63) is 62.1 Å². The molecule has 27 heavy (non-hydrogen) atoms. The van der Waals surface area contributed by atoms with Gasteiger partial charge in [0.15, 0.2) is 11.2 Å².